The lowest BCUT2D eigenvalue weighted by molar-refractivity contribution is -0.149. The van der Waals surface area contributed by atoms with Crippen LogP contribution in [0, 0.1) is 5.92 Å². The molecule has 1 aromatic heterocycles. The highest BCUT2D eigenvalue weighted by Gasteiger charge is 2.28. The molecule has 0 bridgehead atoms. The highest BCUT2D eigenvalue weighted by Crippen LogP contribution is 2.28. The number of halogens is 1. The van der Waals surface area contributed by atoms with Gasteiger partial charge in [0.15, 0.2) is 0 Å². The molecule has 1 fully saturated rings. The van der Waals surface area contributed by atoms with Gasteiger partial charge in [0, 0.05) is 12.3 Å². The summed E-state index contributed by atoms with van der Waals surface area (Å²) in [7, 11) is 0. The molecular formula is C13H17ClN2O3. The van der Waals surface area contributed by atoms with E-state index in [2.05, 4.69) is 9.97 Å². The first-order valence-corrected chi connectivity index (χ1v) is 6.88. The highest BCUT2D eigenvalue weighted by atomic mass is 35.5. The summed E-state index contributed by atoms with van der Waals surface area (Å²) in [5, 5.41) is 0.178. The van der Waals surface area contributed by atoms with E-state index < -0.39 is 0 Å². The molecule has 0 radical (unpaired) electrons. The number of esters is 1. The van der Waals surface area contributed by atoms with Crippen LogP contribution in [-0.2, 0) is 9.53 Å². The Hall–Kier alpha value is -1.36. The Labute approximate surface area is 117 Å². The van der Waals surface area contributed by atoms with Crippen LogP contribution in [0.1, 0.15) is 32.6 Å². The Morgan fingerprint density at radius 3 is 2.79 bits per heavy atom. The summed E-state index contributed by atoms with van der Waals surface area (Å²) in [4.78, 5) is 19.4. The first kappa shape index (κ1) is 14.1. The van der Waals surface area contributed by atoms with Gasteiger partial charge in [-0.15, -0.1) is 0 Å². The second kappa shape index (κ2) is 6.70. The van der Waals surface area contributed by atoms with Gasteiger partial charge in [0.2, 0.25) is 11.2 Å². The Balaban J connectivity index is 1.82. The van der Waals surface area contributed by atoms with Crippen molar-refractivity contribution in [1.82, 2.24) is 9.97 Å². The Morgan fingerprint density at radius 2 is 2.16 bits per heavy atom. The first-order valence-electron chi connectivity index (χ1n) is 6.51. The quantitative estimate of drug-likeness (QED) is 0.628. The van der Waals surface area contributed by atoms with Crippen molar-refractivity contribution in [2.75, 3.05) is 6.61 Å². The fraction of sp³-hybridized carbons (Fsp3) is 0.615. The van der Waals surface area contributed by atoms with Gasteiger partial charge in [-0.25, -0.2) is 4.98 Å². The molecule has 0 aromatic carbocycles. The number of rotatable bonds is 4. The smallest absolute Gasteiger partial charge is 0.308 e. The van der Waals surface area contributed by atoms with Crippen LogP contribution >= 0.6 is 11.6 Å². The van der Waals surface area contributed by atoms with E-state index in [0.717, 1.165) is 25.7 Å². The SMILES string of the molecule is CCOC(=O)C1CCC(Oc2ccnc(Cl)n2)CC1. The van der Waals surface area contributed by atoms with Crippen molar-refractivity contribution in [1.29, 1.82) is 0 Å². The minimum atomic E-state index is -0.0916. The average Bonchev–Trinajstić information content (AvgIpc) is 2.40. The number of hydrogen-bond donors (Lipinski definition) is 0. The predicted molar refractivity (Wildman–Crippen MR) is 70.0 cm³/mol. The number of carbonyl (C=O) groups excluding carboxylic acids is 1. The maximum absolute atomic E-state index is 11.6. The minimum absolute atomic E-state index is 0.00814. The maximum Gasteiger partial charge on any atom is 0.308 e. The van der Waals surface area contributed by atoms with Crippen LogP contribution in [0.25, 0.3) is 0 Å². The van der Waals surface area contributed by atoms with E-state index in [1.165, 1.54) is 0 Å². The molecule has 0 N–H and O–H groups in total. The van der Waals surface area contributed by atoms with Crippen molar-refractivity contribution >= 4 is 17.6 Å². The zero-order chi connectivity index (χ0) is 13.7. The molecular weight excluding hydrogens is 268 g/mol. The van der Waals surface area contributed by atoms with Crippen molar-refractivity contribution in [2.45, 2.75) is 38.7 Å². The lowest BCUT2D eigenvalue weighted by Gasteiger charge is -2.27. The van der Waals surface area contributed by atoms with Crippen LogP contribution in [0.5, 0.6) is 5.88 Å². The normalized spacial score (nSPS) is 22.8. The lowest BCUT2D eigenvalue weighted by Crippen LogP contribution is -2.29. The van der Waals surface area contributed by atoms with Gasteiger partial charge in [-0.2, -0.15) is 4.98 Å². The van der Waals surface area contributed by atoms with Crippen LogP contribution < -0.4 is 4.74 Å². The number of aromatic nitrogens is 2. The monoisotopic (exact) mass is 284 g/mol. The second-order valence-electron chi connectivity index (χ2n) is 4.51. The molecule has 1 aliphatic rings. The minimum Gasteiger partial charge on any atom is -0.474 e. The van der Waals surface area contributed by atoms with Gasteiger partial charge in [-0.3, -0.25) is 4.79 Å². The average molecular weight is 285 g/mol. The lowest BCUT2D eigenvalue weighted by atomic mass is 9.87. The van der Waals surface area contributed by atoms with E-state index >= 15 is 0 Å². The molecule has 1 aromatic rings. The number of ether oxygens (including phenoxy) is 2. The van der Waals surface area contributed by atoms with Gasteiger partial charge in [0.05, 0.1) is 12.5 Å². The van der Waals surface area contributed by atoms with Crippen molar-refractivity contribution < 1.29 is 14.3 Å². The van der Waals surface area contributed by atoms with E-state index in [0.29, 0.717) is 12.5 Å². The van der Waals surface area contributed by atoms with Gasteiger partial charge in [-0.05, 0) is 44.2 Å². The number of carbonyl (C=O) groups is 1. The predicted octanol–water partition coefficient (Wildman–Crippen LogP) is 2.63. The van der Waals surface area contributed by atoms with E-state index in [1.807, 2.05) is 6.92 Å². The molecule has 19 heavy (non-hydrogen) atoms. The van der Waals surface area contributed by atoms with E-state index in [9.17, 15) is 4.79 Å². The Morgan fingerprint density at radius 1 is 1.42 bits per heavy atom. The van der Waals surface area contributed by atoms with Crippen LogP contribution in [0.3, 0.4) is 0 Å². The molecule has 5 nitrogen and oxygen atoms in total. The molecule has 104 valence electrons. The van der Waals surface area contributed by atoms with Crippen molar-refractivity contribution in [2.24, 2.45) is 5.92 Å². The largest absolute Gasteiger partial charge is 0.474 e. The van der Waals surface area contributed by atoms with Crippen molar-refractivity contribution in [3.8, 4) is 5.88 Å². The van der Waals surface area contributed by atoms with E-state index in [4.69, 9.17) is 21.1 Å². The molecule has 1 heterocycles. The van der Waals surface area contributed by atoms with E-state index in [1.54, 1.807) is 12.3 Å². The molecule has 0 saturated heterocycles. The van der Waals surface area contributed by atoms with Crippen LogP contribution in [-0.4, -0.2) is 28.6 Å². The third kappa shape index (κ3) is 4.06. The fourth-order valence-corrected chi connectivity index (χ4v) is 2.37. The molecule has 6 heteroatoms. The summed E-state index contributed by atoms with van der Waals surface area (Å²) < 4.78 is 10.8. The van der Waals surface area contributed by atoms with Gasteiger partial charge < -0.3 is 9.47 Å². The zero-order valence-corrected chi connectivity index (χ0v) is 11.6. The topological polar surface area (TPSA) is 61.3 Å². The summed E-state index contributed by atoms with van der Waals surface area (Å²) in [6, 6.07) is 1.68. The molecule has 0 spiro atoms. The zero-order valence-electron chi connectivity index (χ0n) is 10.8. The summed E-state index contributed by atoms with van der Waals surface area (Å²) in [5.74, 6) is 0.402. The van der Waals surface area contributed by atoms with Gasteiger partial charge in [0.25, 0.3) is 0 Å². The van der Waals surface area contributed by atoms with E-state index in [-0.39, 0.29) is 23.3 Å². The van der Waals surface area contributed by atoms with Crippen molar-refractivity contribution in [3.05, 3.63) is 17.5 Å². The fourth-order valence-electron chi connectivity index (χ4n) is 2.23. The summed E-state index contributed by atoms with van der Waals surface area (Å²) >= 11 is 5.70. The molecule has 0 atom stereocenters. The van der Waals surface area contributed by atoms with Crippen LogP contribution in [0.4, 0.5) is 0 Å². The first-order chi connectivity index (χ1) is 9.19. The maximum atomic E-state index is 11.6. The second-order valence-corrected chi connectivity index (χ2v) is 4.85. The third-order valence-electron chi connectivity index (χ3n) is 3.18. The van der Waals surface area contributed by atoms with Crippen LogP contribution in [0.15, 0.2) is 12.3 Å². The number of hydrogen-bond acceptors (Lipinski definition) is 5. The molecule has 1 aliphatic carbocycles. The molecule has 0 amide bonds. The van der Waals surface area contributed by atoms with Gasteiger partial charge >= 0.3 is 5.97 Å². The van der Waals surface area contributed by atoms with Gasteiger partial charge in [-0.1, -0.05) is 0 Å². The molecule has 2 rings (SSSR count). The summed E-state index contributed by atoms with van der Waals surface area (Å²) in [6.45, 7) is 2.26. The standard InChI is InChI=1S/C13H17ClN2O3/c1-2-18-12(17)9-3-5-10(6-4-9)19-11-7-8-15-13(14)16-11/h7-10H,2-6H2,1H3. The third-order valence-corrected chi connectivity index (χ3v) is 3.36. The Kier molecular flexibility index (Phi) is 4.96. The summed E-state index contributed by atoms with van der Waals surface area (Å²) in [6.07, 6.45) is 4.88. The molecule has 0 aliphatic heterocycles. The molecule has 1 saturated carbocycles. The Bertz CT molecular complexity index is 434. The highest BCUT2D eigenvalue weighted by molar-refractivity contribution is 6.28. The van der Waals surface area contributed by atoms with Crippen LogP contribution in [0.2, 0.25) is 5.28 Å². The van der Waals surface area contributed by atoms with Crippen molar-refractivity contribution in [3.63, 3.8) is 0 Å². The van der Waals surface area contributed by atoms with Gasteiger partial charge in [0.1, 0.15) is 6.10 Å². The summed E-state index contributed by atoms with van der Waals surface area (Å²) in [5.41, 5.74) is 0. The molecule has 0 unspecified atom stereocenters. The number of nitrogens with zero attached hydrogens (tertiary/aromatic N) is 2.